The zero-order chi connectivity index (χ0) is 22.3. The van der Waals surface area contributed by atoms with E-state index in [1.165, 1.54) is 13.8 Å². The summed E-state index contributed by atoms with van der Waals surface area (Å²) in [6.07, 6.45) is 4.89. The summed E-state index contributed by atoms with van der Waals surface area (Å²) in [5.41, 5.74) is 1.55. The molecular weight excluding hydrogens is 407 g/mol. The number of anilines is 1. The van der Waals surface area contributed by atoms with E-state index in [1.54, 1.807) is 29.3 Å². The van der Waals surface area contributed by atoms with E-state index in [9.17, 15) is 9.18 Å². The molecule has 5 rings (SSSR count). The molecule has 0 saturated heterocycles. The van der Waals surface area contributed by atoms with E-state index in [4.69, 9.17) is 0 Å². The Morgan fingerprint density at radius 3 is 2.75 bits per heavy atom. The van der Waals surface area contributed by atoms with Crippen molar-refractivity contribution in [1.82, 2.24) is 25.0 Å². The Hall–Kier alpha value is -4.07. The smallest absolute Gasteiger partial charge is 0.256 e. The van der Waals surface area contributed by atoms with E-state index in [2.05, 4.69) is 25.6 Å². The Kier molecular flexibility index (Phi) is 4.70. The first kappa shape index (κ1) is 19.9. The highest BCUT2D eigenvalue weighted by molar-refractivity contribution is 6.13. The van der Waals surface area contributed by atoms with Crippen LogP contribution in [0.15, 0.2) is 67.1 Å². The van der Waals surface area contributed by atoms with Crippen molar-refractivity contribution in [1.29, 1.82) is 0 Å². The molecule has 3 heterocycles. The maximum Gasteiger partial charge on any atom is 0.256 e. The maximum absolute atomic E-state index is 14.2. The molecule has 0 aliphatic heterocycles. The number of H-pyrrole nitrogens is 1. The zero-order valence-corrected chi connectivity index (χ0v) is 17.6. The van der Waals surface area contributed by atoms with Gasteiger partial charge in [-0.2, -0.15) is 10.2 Å². The van der Waals surface area contributed by atoms with Gasteiger partial charge in [0.15, 0.2) is 0 Å². The van der Waals surface area contributed by atoms with Crippen LogP contribution in [0.25, 0.3) is 33.1 Å². The van der Waals surface area contributed by atoms with Gasteiger partial charge < -0.3 is 5.32 Å². The lowest BCUT2D eigenvalue weighted by Crippen LogP contribution is -2.21. The number of carbonyl (C=O) groups excluding carboxylic acids is 1. The predicted octanol–water partition coefficient (Wildman–Crippen LogP) is 4.98. The molecule has 0 bridgehead atoms. The molecule has 2 N–H and O–H groups in total. The molecule has 5 aromatic rings. The normalized spacial score (nSPS) is 11.8. The number of rotatable bonds is 5. The van der Waals surface area contributed by atoms with Crippen molar-refractivity contribution < 1.29 is 9.18 Å². The van der Waals surface area contributed by atoms with Crippen molar-refractivity contribution in [2.24, 2.45) is 0 Å². The molecule has 2 aromatic carbocycles. The van der Waals surface area contributed by atoms with Crippen molar-refractivity contribution in [3.8, 4) is 11.4 Å². The molecule has 0 fully saturated rings. The largest absolute Gasteiger partial charge is 0.319 e. The summed E-state index contributed by atoms with van der Waals surface area (Å²) in [6, 6.07) is 15.2. The second kappa shape index (κ2) is 7.56. The van der Waals surface area contributed by atoms with Gasteiger partial charge in [0.1, 0.15) is 11.4 Å². The van der Waals surface area contributed by atoms with E-state index in [0.29, 0.717) is 22.6 Å². The third kappa shape index (κ3) is 3.71. The second-order valence-corrected chi connectivity index (χ2v) is 8.29. The number of pyridine rings is 1. The number of halogens is 1. The lowest BCUT2D eigenvalue weighted by molar-refractivity contribution is 0.102. The first-order valence-electron chi connectivity index (χ1n) is 10.2. The molecule has 0 saturated carbocycles. The van der Waals surface area contributed by atoms with Crippen LogP contribution < -0.4 is 5.32 Å². The first-order chi connectivity index (χ1) is 15.4. The maximum atomic E-state index is 14.2. The molecular formula is C24H21FN6O. The summed E-state index contributed by atoms with van der Waals surface area (Å²) in [7, 11) is 0. The number of fused-ring (bicyclic) bond motifs is 2. The average molecular weight is 428 g/mol. The lowest BCUT2D eigenvalue weighted by Gasteiger charge is -2.14. The highest BCUT2D eigenvalue weighted by Gasteiger charge is 2.20. The molecule has 0 aliphatic rings. The minimum atomic E-state index is -1.41. The van der Waals surface area contributed by atoms with Crippen LogP contribution in [0.3, 0.4) is 0 Å². The van der Waals surface area contributed by atoms with E-state index < -0.39 is 5.67 Å². The molecule has 32 heavy (non-hydrogen) atoms. The highest BCUT2D eigenvalue weighted by Crippen LogP contribution is 2.28. The monoisotopic (exact) mass is 428 g/mol. The molecule has 0 spiro atoms. The van der Waals surface area contributed by atoms with Gasteiger partial charge in [-0.3, -0.25) is 19.6 Å². The summed E-state index contributed by atoms with van der Waals surface area (Å²) in [5.74, 6) is -0.241. The molecule has 0 atom stereocenters. The number of alkyl halides is 1. The molecule has 0 radical (unpaired) electrons. The Morgan fingerprint density at radius 2 is 1.91 bits per heavy atom. The summed E-state index contributed by atoms with van der Waals surface area (Å²) < 4.78 is 15.8. The van der Waals surface area contributed by atoms with Gasteiger partial charge in [-0.15, -0.1) is 0 Å². The van der Waals surface area contributed by atoms with E-state index in [1.807, 2.05) is 42.5 Å². The van der Waals surface area contributed by atoms with E-state index in [-0.39, 0.29) is 12.5 Å². The van der Waals surface area contributed by atoms with Gasteiger partial charge in [-0.05, 0) is 36.8 Å². The average Bonchev–Trinajstić information content (AvgIpc) is 3.39. The number of nitrogens with zero attached hydrogens (tertiary/aromatic N) is 4. The molecule has 1 amide bonds. The van der Waals surface area contributed by atoms with Crippen LogP contribution in [0.4, 0.5) is 10.1 Å². The van der Waals surface area contributed by atoms with Crippen LogP contribution in [0.1, 0.15) is 24.2 Å². The van der Waals surface area contributed by atoms with Gasteiger partial charge in [0.05, 0.1) is 35.8 Å². The van der Waals surface area contributed by atoms with Gasteiger partial charge in [-0.1, -0.05) is 36.4 Å². The topological polar surface area (TPSA) is 88.5 Å². The standard InChI is InChI=1S/C24H21FN6O/c1-24(2,25)14-31-21-10-19(26-11-16(21)12-28-31)22-20(13-27-30-22)29-23(32)18-9-5-7-15-6-3-4-8-17(15)18/h3-13H,14H2,1-2H3,(H,27,30)(H,29,32). The Labute approximate surface area is 183 Å². The predicted molar refractivity (Wildman–Crippen MR) is 122 cm³/mol. The number of amides is 1. The molecule has 160 valence electrons. The number of aromatic nitrogens is 5. The lowest BCUT2D eigenvalue weighted by atomic mass is 10.0. The summed E-state index contributed by atoms with van der Waals surface area (Å²) in [4.78, 5) is 17.5. The van der Waals surface area contributed by atoms with Crippen molar-refractivity contribution in [2.75, 3.05) is 5.32 Å². The van der Waals surface area contributed by atoms with E-state index >= 15 is 0 Å². The summed E-state index contributed by atoms with van der Waals surface area (Å²) in [5, 5.41) is 16.9. The first-order valence-corrected chi connectivity index (χ1v) is 10.2. The number of aromatic amines is 1. The van der Waals surface area contributed by atoms with Crippen LogP contribution in [0, 0.1) is 0 Å². The zero-order valence-electron chi connectivity index (χ0n) is 17.6. The van der Waals surface area contributed by atoms with Crippen molar-refractivity contribution in [3.05, 3.63) is 72.7 Å². The summed E-state index contributed by atoms with van der Waals surface area (Å²) in [6.45, 7) is 3.14. The van der Waals surface area contributed by atoms with Gasteiger partial charge in [0.2, 0.25) is 0 Å². The number of benzene rings is 2. The second-order valence-electron chi connectivity index (χ2n) is 8.29. The SMILES string of the molecule is CC(C)(F)Cn1ncc2cnc(-c3[nH]ncc3NC(=O)c3cccc4ccccc34)cc21. The third-order valence-electron chi connectivity index (χ3n) is 5.23. The summed E-state index contributed by atoms with van der Waals surface area (Å²) >= 11 is 0. The fraction of sp³-hybridized carbons (Fsp3) is 0.167. The van der Waals surface area contributed by atoms with Crippen molar-refractivity contribution >= 4 is 33.3 Å². The highest BCUT2D eigenvalue weighted by atomic mass is 19.1. The van der Waals surface area contributed by atoms with Crippen LogP contribution in [-0.2, 0) is 6.54 Å². The van der Waals surface area contributed by atoms with Crippen LogP contribution in [-0.4, -0.2) is 36.5 Å². The number of carbonyl (C=O) groups is 1. The molecule has 7 nitrogen and oxygen atoms in total. The number of hydrogen-bond donors (Lipinski definition) is 2. The quantitative estimate of drug-likeness (QED) is 0.413. The molecule has 3 aromatic heterocycles. The van der Waals surface area contributed by atoms with Crippen LogP contribution in [0.2, 0.25) is 0 Å². The Balaban J connectivity index is 1.49. The fourth-order valence-corrected chi connectivity index (χ4v) is 3.78. The number of hydrogen-bond acceptors (Lipinski definition) is 4. The van der Waals surface area contributed by atoms with Crippen LogP contribution in [0.5, 0.6) is 0 Å². The molecule has 8 heteroatoms. The van der Waals surface area contributed by atoms with Gasteiger partial charge >= 0.3 is 0 Å². The van der Waals surface area contributed by atoms with Crippen LogP contribution >= 0.6 is 0 Å². The minimum Gasteiger partial charge on any atom is -0.319 e. The van der Waals surface area contributed by atoms with E-state index in [0.717, 1.165) is 21.7 Å². The minimum absolute atomic E-state index is 0.119. The molecule has 0 unspecified atom stereocenters. The van der Waals surface area contributed by atoms with Gasteiger partial charge in [0, 0.05) is 17.1 Å². The molecule has 0 aliphatic carbocycles. The third-order valence-corrected chi connectivity index (χ3v) is 5.23. The number of nitrogens with one attached hydrogen (secondary N) is 2. The van der Waals surface area contributed by atoms with Crippen molar-refractivity contribution in [3.63, 3.8) is 0 Å². The Bertz CT molecular complexity index is 1440. The van der Waals surface area contributed by atoms with Gasteiger partial charge in [-0.25, -0.2) is 4.39 Å². The van der Waals surface area contributed by atoms with Crippen molar-refractivity contribution in [2.45, 2.75) is 26.1 Å². The fourth-order valence-electron chi connectivity index (χ4n) is 3.78. The Morgan fingerprint density at radius 1 is 1.09 bits per heavy atom. The van der Waals surface area contributed by atoms with Gasteiger partial charge in [0.25, 0.3) is 5.91 Å².